The number of piperazine rings is 1. The molecule has 0 bridgehead atoms. The first-order valence-electron chi connectivity index (χ1n) is 9.49. The number of hydrogen-bond donors (Lipinski definition) is 0. The fourth-order valence-corrected chi connectivity index (χ4v) is 4.40. The highest BCUT2D eigenvalue weighted by molar-refractivity contribution is 7.12. The molecule has 8 nitrogen and oxygen atoms in total. The number of carbonyl (C=O) groups excluding carboxylic acids is 1. The van der Waals surface area contributed by atoms with Crippen LogP contribution in [-0.2, 0) is 13.1 Å². The summed E-state index contributed by atoms with van der Waals surface area (Å²) < 4.78 is 1.50. The van der Waals surface area contributed by atoms with Gasteiger partial charge in [0.05, 0.1) is 28.8 Å². The smallest absolute Gasteiger partial charge is 0.358 e. The number of aromatic nitrogens is 2. The second-order valence-electron chi connectivity index (χ2n) is 7.14. The van der Waals surface area contributed by atoms with E-state index in [9.17, 15) is 14.9 Å². The van der Waals surface area contributed by atoms with Gasteiger partial charge in [-0.2, -0.15) is 4.68 Å². The fraction of sp³-hybridized carbons (Fsp3) is 0.300. The van der Waals surface area contributed by atoms with Crippen molar-refractivity contribution in [2.75, 3.05) is 26.2 Å². The number of hydrogen-bond acceptors (Lipinski definition) is 6. The molecule has 1 saturated heterocycles. The van der Waals surface area contributed by atoms with Crippen molar-refractivity contribution < 1.29 is 9.72 Å². The Morgan fingerprint density at radius 1 is 1.10 bits per heavy atom. The van der Waals surface area contributed by atoms with E-state index in [1.807, 2.05) is 40.6 Å². The lowest BCUT2D eigenvalue weighted by Gasteiger charge is -2.34. The van der Waals surface area contributed by atoms with Gasteiger partial charge in [0.15, 0.2) is 0 Å². The van der Waals surface area contributed by atoms with E-state index in [-0.39, 0.29) is 11.7 Å². The molecule has 0 atom stereocenters. The summed E-state index contributed by atoms with van der Waals surface area (Å²) in [6.45, 7) is 4.26. The molecule has 0 radical (unpaired) electrons. The second-order valence-corrected chi connectivity index (χ2v) is 8.49. The zero-order valence-electron chi connectivity index (χ0n) is 16.1. The minimum atomic E-state index is -0.522. The predicted molar refractivity (Wildman–Crippen MR) is 115 cm³/mol. The first-order valence-corrected chi connectivity index (χ1v) is 10.7. The van der Waals surface area contributed by atoms with Gasteiger partial charge in [-0.15, -0.1) is 11.3 Å². The molecule has 30 heavy (non-hydrogen) atoms. The summed E-state index contributed by atoms with van der Waals surface area (Å²) in [6, 6.07) is 11.1. The summed E-state index contributed by atoms with van der Waals surface area (Å²) in [5, 5.41) is 17.3. The van der Waals surface area contributed by atoms with Crippen LogP contribution in [0.3, 0.4) is 0 Å². The van der Waals surface area contributed by atoms with Crippen LogP contribution >= 0.6 is 22.9 Å². The lowest BCUT2D eigenvalue weighted by atomic mass is 10.2. The molecule has 0 aliphatic carbocycles. The molecule has 0 spiro atoms. The van der Waals surface area contributed by atoms with Crippen molar-refractivity contribution in [3.05, 3.63) is 79.1 Å². The van der Waals surface area contributed by atoms with Crippen LogP contribution in [0.2, 0.25) is 5.02 Å². The highest BCUT2D eigenvalue weighted by Gasteiger charge is 2.23. The van der Waals surface area contributed by atoms with Crippen molar-refractivity contribution in [3.8, 4) is 0 Å². The van der Waals surface area contributed by atoms with Crippen LogP contribution in [0.1, 0.15) is 20.8 Å². The van der Waals surface area contributed by atoms with E-state index < -0.39 is 4.92 Å². The van der Waals surface area contributed by atoms with Crippen LogP contribution in [-0.4, -0.2) is 56.6 Å². The Hall–Kier alpha value is -2.75. The average Bonchev–Trinajstić information content (AvgIpc) is 3.40. The third-order valence-corrected chi connectivity index (χ3v) is 6.22. The van der Waals surface area contributed by atoms with E-state index in [2.05, 4.69) is 10.00 Å². The van der Waals surface area contributed by atoms with Gasteiger partial charge in [0.1, 0.15) is 0 Å². The van der Waals surface area contributed by atoms with Gasteiger partial charge in [-0.25, -0.2) is 0 Å². The molecular weight excluding hydrogens is 426 g/mol. The number of nitrogens with zero attached hydrogens (tertiary/aromatic N) is 5. The van der Waals surface area contributed by atoms with Gasteiger partial charge in [-0.05, 0) is 39.6 Å². The van der Waals surface area contributed by atoms with E-state index in [0.717, 1.165) is 30.2 Å². The number of halogens is 1. The molecule has 1 aliphatic heterocycles. The number of amides is 1. The lowest BCUT2D eigenvalue weighted by molar-refractivity contribution is -0.389. The first-order chi connectivity index (χ1) is 14.5. The molecule has 156 valence electrons. The summed E-state index contributed by atoms with van der Waals surface area (Å²) in [7, 11) is 0. The zero-order chi connectivity index (χ0) is 21.1. The molecule has 1 aliphatic rings. The quantitative estimate of drug-likeness (QED) is 0.428. The zero-order valence-corrected chi connectivity index (χ0v) is 17.7. The SMILES string of the molecule is O=C(c1cc(Cn2ccc([N+](=O)[O-])n2)cs1)N1CCN(Cc2ccc(Cl)cc2)CC1. The highest BCUT2D eigenvalue weighted by atomic mass is 35.5. The monoisotopic (exact) mass is 445 g/mol. The van der Waals surface area contributed by atoms with Crippen LogP contribution in [0.25, 0.3) is 0 Å². The summed E-state index contributed by atoms with van der Waals surface area (Å²) >= 11 is 7.33. The summed E-state index contributed by atoms with van der Waals surface area (Å²) in [5.41, 5.74) is 2.11. The van der Waals surface area contributed by atoms with Crippen LogP contribution in [0.5, 0.6) is 0 Å². The maximum atomic E-state index is 12.9. The maximum Gasteiger partial charge on any atom is 0.389 e. The number of thiophene rings is 1. The van der Waals surface area contributed by atoms with Crippen molar-refractivity contribution >= 4 is 34.7 Å². The van der Waals surface area contributed by atoms with Gasteiger partial charge in [0.2, 0.25) is 0 Å². The molecule has 3 heterocycles. The molecule has 2 aromatic heterocycles. The number of nitro groups is 1. The summed E-state index contributed by atoms with van der Waals surface area (Å²) in [6.07, 6.45) is 1.57. The molecule has 10 heteroatoms. The van der Waals surface area contributed by atoms with Gasteiger partial charge in [-0.1, -0.05) is 23.7 Å². The van der Waals surface area contributed by atoms with Gasteiger partial charge in [0.25, 0.3) is 5.91 Å². The van der Waals surface area contributed by atoms with E-state index >= 15 is 0 Å². The molecule has 0 saturated carbocycles. The van der Waals surface area contributed by atoms with Crippen molar-refractivity contribution in [1.29, 1.82) is 0 Å². The molecular formula is C20H20ClN5O3S. The van der Waals surface area contributed by atoms with E-state index in [1.165, 1.54) is 27.6 Å². The molecule has 1 amide bonds. The van der Waals surface area contributed by atoms with Crippen molar-refractivity contribution in [2.45, 2.75) is 13.1 Å². The van der Waals surface area contributed by atoms with Gasteiger partial charge in [-0.3, -0.25) is 9.69 Å². The topological polar surface area (TPSA) is 84.5 Å². The predicted octanol–water partition coefficient (Wildman–Crippen LogP) is 3.51. The molecule has 0 unspecified atom stereocenters. The van der Waals surface area contributed by atoms with E-state index in [0.29, 0.717) is 24.5 Å². The third kappa shape index (κ3) is 4.86. The minimum Gasteiger partial charge on any atom is -0.358 e. The Morgan fingerprint density at radius 3 is 2.50 bits per heavy atom. The number of rotatable bonds is 6. The van der Waals surface area contributed by atoms with E-state index in [4.69, 9.17) is 11.6 Å². The fourth-order valence-electron chi connectivity index (χ4n) is 3.41. The molecule has 1 aromatic carbocycles. The van der Waals surface area contributed by atoms with Crippen LogP contribution in [0, 0.1) is 10.1 Å². The third-order valence-electron chi connectivity index (χ3n) is 5.00. The molecule has 4 rings (SSSR count). The average molecular weight is 446 g/mol. The Bertz CT molecular complexity index is 1040. The molecule has 0 N–H and O–H groups in total. The Labute approximate surface area is 182 Å². The van der Waals surface area contributed by atoms with Crippen LogP contribution < -0.4 is 0 Å². The van der Waals surface area contributed by atoms with Gasteiger partial charge >= 0.3 is 5.82 Å². The lowest BCUT2D eigenvalue weighted by Crippen LogP contribution is -2.48. The minimum absolute atomic E-state index is 0.0313. The highest BCUT2D eigenvalue weighted by Crippen LogP contribution is 2.20. The summed E-state index contributed by atoms with van der Waals surface area (Å²) in [5.74, 6) is -0.151. The van der Waals surface area contributed by atoms with Crippen LogP contribution in [0.15, 0.2) is 48.0 Å². The van der Waals surface area contributed by atoms with Crippen molar-refractivity contribution in [2.24, 2.45) is 0 Å². The second kappa shape index (κ2) is 8.95. The Kier molecular flexibility index (Phi) is 6.12. The standard InChI is InChI=1S/C20H20ClN5O3S/c21-17-3-1-15(2-4-17)12-23-7-9-24(10-8-23)20(27)18-11-16(14-30-18)13-25-6-5-19(22-25)26(28)29/h1-6,11,14H,7-10,12-13H2. The van der Waals surface area contributed by atoms with Crippen molar-refractivity contribution in [3.63, 3.8) is 0 Å². The first kappa shape index (κ1) is 20.5. The number of carbonyl (C=O) groups is 1. The van der Waals surface area contributed by atoms with Crippen LogP contribution in [0.4, 0.5) is 5.82 Å². The largest absolute Gasteiger partial charge is 0.389 e. The normalized spacial score (nSPS) is 14.8. The van der Waals surface area contributed by atoms with E-state index in [1.54, 1.807) is 6.20 Å². The molecule has 1 fully saturated rings. The Balaban J connectivity index is 1.31. The summed E-state index contributed by atoms with van der Waals surface area (Å²) in [4.78, 5) is 28.0. The Morgan fingerprint density at radius 2 is 1.83 bits per heavy atom. The molecule has 3 aromatic rings. The van der Waals surface area contributed by atoms with Gasteiger partial charge in [0, 0.05) is 37.7 Å². The van der Waals surface area contributed by atoms with Crippen molar-refractivity contribution in [1.82, 2.24) is 19.6 Å². The number of benzene rings is 1. The van der Waals surface area contributed by atoms with Gasteiger partial charge < -0.3 is 15.0 Å². The maximum absolute atomic E-state index is 12.9.